The Morgan fingerprint density at radius 3 is 2.36 bits per heavy atom. The number of nitrogens with zero attached hydrogens (tertiary/aromatic N) is 1. The molecule has 0 aliphatic carbocycles. The Kier molecular flexibility index (Phi) is 5.11. The average molecular weight is 334 g/mol. The monoisotopic (exact) mass is 334 g/mol. The maximum absolute atomic E-state index is 11.9. The Bertz CT molecular complexity index is 836. The van der Waals surface area contributed by atoms with Crippen molar-refractivity contribution in [2.24, 2.45) is 0 Å². The van der Waals surface area contributed by atoms with Crippen molar-refractivity contribution in [3.63, 3.8) is 0 Å². The van der Waals surface area contributed by atoms with E-state index >= 15 is 0 Å². The molecule has 0 bridgehead atoms. The van der Waals surface area contributed by atoms with Crippen molar-refractivity contribution < 1.29 is 9.53 Å². The van der Waals surface area contributed by atoms with E-state index in [0.29, 0.717) is 5.82 Å². The standard InChI is InChI=1S/C19H18N4O2/c1-25-17-10-6-5-9-16(17)21-15-11-12-18(20-13-15)23-19(24)22-14-7-3-2-4-8-14/h2-13,21H,1H3,(H2,20,22,23,24). The van der Waals surface area contributed by atoms with Crippen molar-refractivity contribution in [2.45, 2.75) is 0 Å². The van der Waals surface area contributed by atoms with Gasteiger partial charge in [-0.15, -0.1) is 0 Å². The lowest BCUT2D eigenvalue weighted by Gasteiger charge is -2.11. The van der Waals surface area contributed by atoms with Crippen molar-refractivity contribution in [3.8, 4) is 5.75 Å². The Balaban J connectivity index is 1.61. The highest BCUT2D eigenvalue weighted by Crippen LogP contribution is 2.26. The zero-order valence-corrected chi connectivity index (χ0v) is 13.7. The van der Waals surface area contributed by atoms with E-state index in [2.05, 4.69) is 20.9 Å². The molecular weight excluding hydrogens is 316 g/mol. The van der Waals surface area contributed by atoms with E-state index in [1.807, 2.05) is 60.7 Å². The molecule has 25 heavy (non-hydrogen) atoms. The van der Waals surface area contributed by atoms with Crippen LogP contribution in [0.4, 0.5) is 27.7 Å². The largest absolute Gasteiger partial charge is 0.495 e. The van der Waals surface area contributed by atoms with Gasteiger partial charge in [0.2, 0.25) is 0 Å². The summed E-state index contributed by atoms with van der Waals surface area (Å²) in [6.45, 7) is 0. The van der Waals surface area contributed by atoms with Crippen molar-refractivity contribution in [1.29, 1.82) is 0 Å². The lowest BCUT2D eigenvalue weighted by atomic mass is 10.3. The minimum atomic E-state index is -0.343. The fraction of sp³-hybridized carbons (Fsp3) is 0.0526. The van der Waals surface area contributed by atoms with Crippen molar-refractivity contribution >= 4 is 28.9 Å². The first-order chi connectivity index (χ1) is 12.2. The number of hydrogen-bond donors (Lipinski definition) is 3. The van der Waals surface area contributed by atoms with Gasteiger partial charge in [-0.1, -0.05) is 30.3 Å². The molecule has 2 amide bonds. The molecule has 0 radical (unpaired) electrons. The van der Waals surface area contributed by atoms with Crippen LogP contribution in [0.5, 0.6) is 5.75 Å². The van der Waals surface area contributed by atoms with Crippen LogP contribution < -0.4 is 20.7 Å². The van der Waals surface area contributed by atoms with Gasteiger partial charge in [-0.3, -0.25) is 5.32 Å². The van der Waals surface area contributed by atoms with Gasteiger partial charge in [-0.2, -0.15) is 0 Å². The number of amides is 2. The van der Waals surface area contributed by atoms with Gasteiger partial charge in [0.25, 0.3) is 0 Å². The van der Waals surface area contributed by atoms with Crippen molar-refractivity contribution in [3.05, 3.63) is 72.9 Å². The highest BCUT2D eigenvalue weighted by atomic mass is 16.5. The highest BCUT2D eigenvalue weighted by Gasteiger charge is 2.05. The number of methoxy groups -OCH3 is 1. The zero-order chi connectivity index (χ0) is 17.5. The summed E-state index contributed by atoms with van der Waals surface area (Å²) >= 11 is 0. The van der Waals surface area contributed by atoms with Crippen LogP contribution in [0.3, 0.4) is 0 Å². The minimum Gasteiger partial charge on any atom is -0.495 e. The van der Waals surface area contributed by atoms with E-state index < -0.39 is 0 Å². The van der Waals surface area contributed by atoms with Crippen LogP contribution in [-0.2, 0) is 0 Å². The summed E-state index contributed by atoms with van der Waals surface area (Å²) in [6, 6.07) is 20.0. The Labute approximate surface area is 145 Å². The molecule has 1 aromatic heterocycles. The second kappa shape index (κ2) is 7.83. The molecule has 0 atom stereocenters. The minimum absolute atomic E-state index is 0.343. The van der Waals surface area contributed by atoms with Gasteiger partial charge in [-0.05, 0) is 36.4 Å². The molecule has 0 fully saturated rings. The van der Waals surface area contributed by atoms with Gasteiger partial charge in [-0.25, -0.2) is 9.78 Å². The molecule has 0 aliphatic heterocycles. The number of pyridine rings is 1. The van der Waals surface area contributed by atoms with Crippen LogP contribution >= 0.6 is 0 Å². The first kappa shape index (κ1) is 16.3. The van der Waals surface area contributed by atoms with E-state index in [1.165, 1.54) is 0 Å². The molecule has 1 heterocycles. The number of benzene rings is 2. The maximum atomic E-state index is 11.9. The second-order valence-electron chi connectivity index (χ2n) is 5.20. The third kappa shape index (κ3) is 4.48. The summed E-state index contributed by atoms with van der Waals surface area (Å²) in [7, 11) is 1.62. The third-order valence-electron chi connectivity index (χ3n) is 3.42. The van der Waals surface area contributed by atoms with Gasteiger partial charge in [0, 0.05) is 5.69 Å². The van der Waals surface area contributed by atoms with Crippen LogP contribution in [0.15, 0.2) is 72.9 Å². The molecule has 0 aliphatic rings. The number of hydrogen-bond acceptors (Lipinski definition) is 4. The summed E-state index contributed by atoms with van der Waals surface area (Å²) in [5, 5.41) is 8.66. The van der Waals surface area contributed by atoms with Gasteiger partial charge in [0.05, 0.1) is 24.7 Å². The number of carbonyl (C=O) groups excluding carboxylic acids is 1. The molecule has 0 saturated carbocycles. The quantitative estimate of drug-likeness (QED) is 0.643. The van der Waals surface area contributed by atoms with Crippen molar-refractivity contribution in [2.75, 3.05) is 23.1 Å². The van der Waals surface area contributed by atoms with Crippen LogP contribution in [0, 0.1) is 0 Å². The van der Waals surface area contributed by atoms with E-state index in [9.17, 15) is 4.79 Å². The molecule has 6 nitrogen and oxygen atoms in total. The first-order valence-corrected chi connectivity index (χ1v) is 7.74. The number of nitrogens with one attached hydrogen (secondary N) is 3. The van der Waals surface area contributed by atoms with Crippen LogP contribution in [0.25, 0.3) is 0 Å². The Hall–Kier alpha value is -3.54. The topological polar surface area (TPSA) is 75.3 Å². The molecule has 3 aromatic rings. The fourth-order valence-electron chi connectivity index (χ4n) is 2.25. The predicted octanol–water partition coefficient (Wildman–Crippen LogP) is 4.48. The average Bonchev–Trinajstić information content (AvgIpc) is 2.64. The fourth-order valence-corrected chi connectivity index (χ4v) is 2.25. The van der Waals surface area contributed by atoms with Crippen molar-refractivity contribution in [1.82, 2.24) is 4.98 Å². The molecule has 6 heteroatoms. The van der Waals surface area contributed by atoms with Gasteiger partial charge in [0.15, 0.2) is 0 Å². The molecular formula is C19H18N4O2. The van der Waals surface area contributed by atoms with E-state index in [4.69, 9.17) is 4.74 Å². The molecule has 2 aromatic carbocycles. The number of ether oxygens (including phenoxy) is 1. The van der Waals surface area contributed by atoms with Crippen LogP contribution in [0.2, 0.25) is 0 Å². The second-order valence-corrected chi connectivity index (χ2v) is 5.20. The summed E-state index contributed by atoms with van der Waals surface area (Å²) in [5.41, 5.74) is 2.35. The van der Waals surface area contributed by atoms with E-state index in [-0.39, 0.29) is 6.03 Å². The number of aromatic nitrogens is 1. The van der Waals surface area contributed by atoms with Gasteiger partial charge in [0.1, 0.15) is 11.6 Å². The molecule has 3 N–H and O–H groups in total. The SMILES string of the molecule is COc1ccccc1Nc1ccc(NC(=O)Nc2ccccc2)nc1. The molecule has 0 unspecified atom stereocenters. The van der Waals surface area contributed by atoms with E-state index in [0.717, 1.165) is 22.8 Å². The smallest absolute Gasteiger partial charge is 0.324 e. The number of anilines is 4. The number of carbonyl (C=O) groups is 1. The molecule has 0 spiro atoms. The number of urea groups is 1. The number of para-hydroxylation sites is 3. The Morgan fingerprint density at radius 1 is 0.880 bits per heavy atom. The van der Waals surface area contributed by atoms with Crippen LogP contribution in [0.1, 0.15) is 0 Å². The van der Waals surface area contributed by atoms with Gasteiger partial charge < -0.3 is 15.4 Å². The summed E-state index contributed by atoms with van der Waals surface area (Å²) in [4.78, 5) is 16.2. The predicted molar refractivity (Wildman–Crippen MR) is 99.6 cm³/mol. The first-order valence-electron chi connectivity index (χ1n) is 7.74. The lowest BCUT2D eigenvalue weighted by molar-refractivity contribution is 0.262. The highest BCUT2D eigenvalue weighted by molar-refractivity contribution is 5.99. The van der Waals surface area contributed by atoms with Crippen LogP contribution in [-0.4, -0.2) is 18.1 Å². The summed E-state index contributed by atoms with van der Waals surface area (Å²) < 4.78 is 5.30. The van der Waals surface area contributed by atoms with Gasteiger partial charge >= 0.3 is 6.03 Å². The zero-order valence-electron chi connectivity index (χ0n) is 13.7. The maximum Gasteiger partial charge on any atom is 0.324 e. The molecule has 126 valence electrons. The van der Waals surface area contributed by atoms with E-state index in [1.54, 1.807) is 19.4 Å². The molecule has 3 rings (SSSR count). The summed E-state index contributed by atoms with van der Waals surface area (Å²) in [5.74, 6) is 1.20. The normalized spacial score (nSPS) is 9.96. The third-order valence-corrected chi connectivity index (χ3v) is 3.42. The Morgan fingerprint density at radius 2 is 1.64 bits per heavy atom. The summed E-state index contributed by atoms with van der Waals surface area (Å²) in [6.07, 6.45) is 1.64. The molecule has 0 saturated heterocycles. The lowest BCUT2D eigenvalue weighted by Crippen LogP contribution is -2.19. The number of rotatable bonds is 5.